The zero-order valence-electron chi connectivity index (χ0n) is 8.05. The van der Waals surface area contributed by atoms with Crippen LogP contribution in [0.2, 0.25) is 0 Å². The topological polar surface area (TPSA) is 57.5 Å². The quantitative estimate of drug-likeness (QED) is 0.768. The molecule has 0 aliphatic heterocycles. The molecule has 0 saturated carbocycles. The van der Waals surface area contributed by atoms with Crippen molar-refractivity contribution in [2.45, 2.75) is 19.4 Å². The van der Waals surface area contributed by atoms with Gasteiger partial charge in [0.25, 0.3) is 0 Å². The van der Waals surface area contributed by atoms with E-state index in [2.05, 4.69) is 0 Å². The average Bonchev–Trinajstić information content (AvgIpc) is 2.19. The van der Waals surface area contributed by atoms with Crippen molar-refractivity contribution in [1.29, 1.82) is 0 Å². The summed E-state index contributed by atoms with van der Waals surface area (Å²) >= 11 is 0. The van der Waals surface area contributed by atoms with Gasteiger partial charge in [0.05, 0.1) is 12.0 Å². The fourth-order valence-corrected chi connectivity index (χ4v) is 1.25. The van der Waals surface area contributed by atoms with E-state index in [4.69, 9.17) is 5.11 Å². The van der Waals surface area contributed by atoms with Gasteiger partial charge in [0, 0.05) is 0 Å². The fourth-order valence-electron chi connectivity index (χ4n) is 1.25. The Hall–Kier alpha value is -1.35. The molecule has 3 nitrogen and oxygen atoms in total. The largest absolute Gasteiger partial charge is 0.481 e. The second kappa shape index (κ2) is 4.77. The summed E-state index contributed by atoms with van der Waals surface area (Å²) in [7, 11) is 0. The van der Waals surface area contributed by atoms with E-state index in [0.29, 0.717) is 0 Å². The molecule has 1 aromatic carbocycles. The van der Waals surface area contributed by atoms with E-state index in [0.717, 1.165) is 5.56 Å². The van der Waals surface area contributed by atoms with Gasteiger partial charge in [0.1, 0.15) is 0 Å². The summed E-state index contributed by atoms with van der Waals surface area (Å²) < 4.78 is 0. The predicted octanol–water partition coefficient (Wildman–Crippen LogP) is 1.83. The Morgan fingerprint density at radius 3 is 2.43 bits per heavy atom. The molecule has 0 radical (unpaired) electrons. The molecule has 1 rings (SSSR count). The standard InChI is InChI=1S/C11H14O3/c1-8(11(13)14)7-10(12)9-5-3-2-4-6-9/h2-6,8,10,12H,7H2,1H3,(H,13,14)/t8-,10?/m0/s1. The molecule has 0 saturated heterocycles. The van der Waals surface area contributed by atoms with Crippen LogP contribution in [0.4, 0.5) is 0 Å². The summed E-state index contributed by atoms with van der Waals surface area (Å²) in [6.07, 6.45) is -0.443. The third-order valence-corrected chi connectivity index (χ3v) is 2.18. The van der Waals surface area contributed by atoms with Crippen LogP contribution in [0.25, 0.3) is 0 Å². The summed E-state index contributed by atoms with van der Waals surface area (Å²) in [6, 6.07) is 9.09. The van der Waals surface area contributed by atoms with Gasteiger partial charge in [-0.15, -0.1) is 0 Å². The second-order valence-corrected chi connectivity index (χ2v) is 3.40. The van der Waals surface area contributed by atoms with Gasteiger partial charge in [-0.1, -0.05) is 37.3 Å². The maximum absolute atomic E-state index is 10.6. The van der Waals surface area contributed by atoms with Crippen LogP contribution in [0.5, 0.6) is 0 Å². The first-order valence-corrected chi connectivity index (χ1v) is 4.57. The summed E-state index contributed by atoms with van der Waals surface area (Å²) in [5, 5.41) is 18.3. The van der Waals surface area contributed by atoms with E-state index in [1.807, 2.05) is 18.2 Å². The van der Waals surface area contributed by atoms with Gasteiger partial charge in [0.15, 0.2) is 0 Å². The molecule has 1 unspecified atom stereocenters. The monoisotopic (exact) mass is 194 g/mol. The van der Waals surface area contributed by atoms with Crippen molar-refractivity contribution in [1.82, 2.24) is 0 Å². The lowest BCUT2D eigenvalue weighted by molar-refractivity contribution is -0.142. The number of hydrogen-bond acceptors (Lipinski definition) is 2. The highest BCUT2D eigenvalue weighted by Crippen LogP contribution is 2.20. The lowest BCUT2D eigenvalue weighted by Crippen LogP contribution is -2.13. The Kier molecular flexibility index (Phi) is 3.65. The highest BCUT2D eigenvalue weighted by Gasteiger charge is 2.17. The first-order chi connectivity index (χ1) is 6.61. The second-order valence-electron chi connectivity index (χ2n) is 3.40. The van der Waals surface area contributed by atoms with Crippen LogP contribution >= 0.6 is 0 Å². The van der Waals surface area contributed by atoms with Crippen molar-refractivity contribution in [3.8, 4) is 0 Å². The molecule has 0 heterocycles. The van der Waals surface area contributed by atoms with Crippen LogP contribution in [0.1, 0.15) is 25.0 Å². The van der Waals surface area contributed by atoms with Crippen LogP contribution in [0.15, 0.2) is 30.3 Å². The third kappa shape index (κ3) is 2.85. The zero-order valence-corrected chi connectivity index (χ0v) is 8.05. The van der Waals surface area contributed by atoms with Gasteiger partial charge in [0.2, 0.25) is 0 Å². The van der Waals surface area contributed by atoms with Gasteiger partial charge < -0.3 is 10.2 Å². The molecule has 0 fully saturated rings. The van der Waals surface area contributed by atoms with Gasteiger partial charge in [-0.2, -0.15) is 0 Å². The Balaban J connectivity index is 2.59. The zero-order chi connectivity index (χ0) is 10.6. The summed E-state index contributed by atoms with van der Waals surface area (Å²) in [6.45, 7) is 1.59. The molecule has 1 aromatic rings. The molecular formula is C11H14O3. The molecule has 2 N–H and O–H groups in total. The van der Waals surface area contributed by atoms with Crippen molar-refractivity contribution in [3.63, 3.8) is 0 Å². The number of aliphatic carboxylic acids is 1. The van der Waals surface area contributed by atoms with Crippen LogP contribution in [0, 0.1) is 5.92 Å². The van der Waals surface area contributed by atoms with Gasteiger partial charge in [-0.05, 0) is 12.0 Å². The van der Waals surface area contributed by atoms with E-state index in [9.17, 15) is 9.90 Å². The van der Waals surface area contributed by atoms with Crippen molar-refractivity contribution in [2.24, 2.45) is 5.92 Å². The normalized spacial score (nSPS) is 14.7. The third-order valence-electron chi connectivity index (χ3n) is 2.18. The molecule has 0 bridgehead atoms. The lowest BCUT2D eigenvalue weighted by atomic mass is 9.98. The molecule has 0 spiro atoms. The molecule has 3 heteroatoms. The summed E-state index contributed by atoms with van der Waals surface area (Å²) in [5.41, 5.74) is 0.764. The van der Waals surface area contributed by atoms with E-state index >= 15 is 0 Å². The Morgan fingerprint density at radius 1 is 1.36 bits per heavy atom. The minimum atomic E-state index is -0.875. The fraction of sp³-hybridized carbons (Fsp3) is 0.364. The minimum absolute atomic E-state index is 0.249. The number of carbonyl (C=O) groups is 1. The van der Waals surface area contributed by atoms with E-state index in [1.54, 1.807) is 19.1 Å². The maximum Gasteiger partial charge on any atom is 0.306 e. The van der Waals surface area contributed by atoms with Gasteiger partial charge >= 0.3 is 5.97 Å². The maximum atomic E-state index is 10.6. The van der Waals surface area contributed by atoms with Crippen molar-refractivity contribution in [2.75, 3.05) is 0 Å². The predicted molar refractivity (Wildman–Crippen MR) is 52.8 cm³/mol. The molecule has 0 aliphatic carbocycles. The number of aliphatic hydroxyl groups excluding tert-OH is 1. The molecule has 0 aromatic heterocycles. The first-order valence-electron chi connectivity index (χ1n) is 4.57. The average molecular weight is 194 g/mol. The number of carboxylic acids is 1. The molecule has 0 aliphatic rings. The van der Waals surface area contributed by atoms with Crippen LogP contribution < -0.4 is 0 Å². The summed E-state index contributed by atoms with van der Waals surface area (Å²) in [5.74, 6) is -1.40. The van der Waals surface area contributed by atoms with E-state index in [-0.39, 0.29) is 6.42 Å². The van der Waals surface area contributed by atoms with Crippen molar-refractivity contribution in [3.05, 3.63) is 35.9 Å². The van der Waals surface area contributed by atoms with Crippen LogP contribution in [-0.4, -0.2) is 16.2 Å². The van der Waals surface area contributed by atoms with Gasteiger partial charge in [-0.3, -0.25) is 4.79 Å². The van der Waals surface area contributed by atoms with Crippen LogP contribution in [0.3, 0.4) is 0 Å². The Labute approximate surface area is 83.0 Å². The minimum Gasteiger partial charge on any atom is -0.481 e. The van der Waals surface area contributed by atoms with E-state index < -0.39 is 18.0 Å². The SMILES string of the molecule is C[C@@H](CC(O)c1ccccc1)C(=O)O. The van der Waals surface area contributed by atoms with Crippen molar-refractivity contribution >= 4 is 5.97 Å². The highest BCUT2D eigenvalue weighted by molar-refractivity contribution is 5.69. The Bertz CT molecular complexity index is 295. The number of carboxylic acid groups (broad SMARTS) is 1. The molecule has 14 heavy (non-hydrogen) atoms. The molecule has 76 valence electrons. The highest BCUT2D eigenvalue weighted by atomic mass is 16.4. The molecule has 2 atom stereocenters. The van der Waals surface area contributed by atoms with E-state index in [1.165, 1.54) is 0 Å². The molecular weight excluding hydrogens is 180 g/mol. The molecule has 0 amide bonds. The van der Waals surface area contributed by atoms with Crippen molar-refractivity contribution < 1.29 is 15.0 Å². The smallest absolute Gasteiger partial charge is 0.306 e. The lowest BCUT2D eigenvalue weighted by Gasteiger charge is -2.13. The number of rotatable bonds is 4. The Morgan fingerprint density at radius 2 is 1.93 bits per heavy atom. The number of aliphatic hydroxyl groups is 1. The van der Waals surface area contributed by atoms with Crippen LogP contribution in [-0.2, 0) is 4.79 Å². The number of benzene rings is 1. The number of hydrogen-bond donors (Lipinski definition) is 2. The summed E-state index contributed by atoms with van der Waals surface area (Å²) in [4.78, 5) is 10.6. The van der Waals surface area contributed by atoms with Gasteiger partial charge in [-0.25, -0.2) is 0 Å². The first kappa shape index (κ1) is 10.7.